The molecule has 2 rings (SSSR count). The predicted octanol–water partition coefficient (Wildman–Crippen LogP) is 3.06. The van der Waals surface area contributed by atoms with Crippen LogP contribution in [0, 0.1) is 5.92 Å². The van der Waals surface area contributed by atoms with Crippen LogP contribution >= 0.6 is 0 Å². The van der Waals surface area contributed by atoms with Crippen molar-refractivity contribution >= 4 is 22.8 Å². The number of nitrogens with one attached hydrogen (secondary N) is 1. The Morgan fingerprint density at radius 3 is 2.70 bits per heavy atom. The Balaban J connectivity index is 1.90. The lowest BCUT2D eigenvalue weighted by molar-refractivity contribution is -0.144. The summed E-state index contributed by atoms with van der Waals surface area (Å²) in [6.45, 7) is 4.23. The average molecular weight is 316 g/mol. The highest BCUT2D eigenvalue weighted by Crippen LogP contribution is 2.19. The van der Waals surface area contributed by atoms with Crippen molar-refractivity contribution < 1.29 is 14.7 Å². The van der Waals surface area contributed by atoms with E-state index in [4.69, 9.17) is 5.11 Å². The molecule has 0 saturated carbocycles. The molecule has 0 bridgehead atoms. The maximum atomic E-state index is 12.3. The van der Waals surface area contributed by atoms with Gasteiger partial charge in [-0.2, -0.15) is 0 Å². The number of aromatic amines is 1. The molecule has 23 heavy (non-hydrogen) atoms. The molecule has 0 aliphatic rings. The summed E-state index contributed by atoms with van der Waals surface area (Å²) in [5.74, 6) is -0.788. The molecule has 0 unspecified atom stereocenters. The van der Waals surface area contributed by atoms with Crippen LogP contribution in [-0.2, 0) is 16.0 Å². The second-order valence-corrected chi connectivity index (χ2v) is 6.27. The first-order valence-corrected chi connectivity index (χ1v) is 8.02. The molecule has 0 aliphatic heterocycles. The highest BCUT2D eigenvalue weighted by Gasteiger charge is 2.17. The summed E-state index contributed by atoms with van der Waals surface area (Å²) in [7, 11) is 0. The summed E-state index contributed by atoms with van der Waals surface area (Å²) in [6.07, 6.45) is 3.88. The number of carboxylic acid groups (broad SMARTS) is 1. The fourth-order valence-corrected chi connectivity index (χ4v) is 2.79. The Morgan fingerprint density at radius 2 is 2.00 bits per heavy atom. The Kier molecular flexibility index (Phi) is 5.79. The van der Waals surface area contributed by atoms with Crippen molar-refractivity contribution in [1.82, 2.24) is 9.88 Å². The summed E-state index contributed by atoms with van der Waals surface area (Å²) in [5.41, 5.74) is 2.29. The van der Waals surface area contributed by atoms with Crippen LogP contribution in [0.1, 0.15) is 32.3 Å². The van der Waals surface area contributed by atoms with Gasteiger partial charge >= 0.3 is 5.97 Å². The number of aryl methyl sites for hydroxylation is 1. The number of H-pyrrole nitrogens is 1. The van der Waals surface area contributed by atoms with Gasteiger partial charge in [0.05, 0.1) is 0 Å². The Bertz CT molecular complexity index is 676. The molecule has 5 heteroatoms. The van der Waals surface area contributed by atoms with Crippen molar-refractivity contribution in [3.63, 3.8) is 0 Å². The van der Waals surface area contributed by atoms with E-state index >= 15 is 0 Å². The molecule has 2 N–H and O–H groups in total. The van der Waals surface area contributed by atoms with Gasteiger partial charge in [-0.3, -0.25) is 9.59 Å². The van der Waals surface area contributed by atoms with Crippen LogP contribution in [0.3, 0.4) is 0 Å². The number of nitrogens with zero attached hydrogens (tertiary/aromatic N) is 1. The highest BCUT2D eigenvalue weighted by atomic mass is 16.4. The third kappa shape index (κ3) is 4.84. The summed E-state index contributed by atoms with van der Waals surface area (Å²) in [6, 6.07) is 8.09. The predicted molar refractivity (Wildman–Crippen MR) is 90.3 cm³/mol. The molecule has 1 aromatic carbocycles. The maximum absolute atomic E-state index is 12.3. The zero-order chi connectivity index (χ0) is 16.8. The Labute approximate surface area is 136 Å². The van der Waals surface area contributed by atoms with Crippen LogP contribution in [0.25, 0.3) is 10.9 Å². The normalized spacial score (nSPS) is 11.1. The molecule has 1 amide bonds. The number of carbonyl (C=O) groups is 2. The lowest BCUT2D eigenvalue weighted by Crippen LogP contribution is -2.38. The van der Waals surface area contributed by atoms with E-state index in [-0.39, 0.29) is 18.4 Å². The molecular formula is C18H24N2O3. The Hall–Kier alpha value is -2.30. The summed E-state index contributed by atoms with van der Waals surface area (Å²) >= 11 is 0. The van der Waals surface area contributed by atoms with Gasteiger partial charge in [-0.05, 0) is 30.4 Å². The smallest absolute Gasteiger partial charge is 0.323 e. The number of hydrogen-bond acceptors (Lipinski definition) is 2. The number of aromatic nitrogens is 1. The minimum atomic E-state index is -0.962. The number of amides is 1. The molecule has 1 heterocycles. The molecule has 0 aliphatic carbocycles. The van der Waals surface area contributed by atoms with Crippen LogP contribution in [0.15, 0.2) is 30.5 Å². The monoisotopic (exact) mass is 316 g/mol. The summed E-state index contributed by atoms with van der Waals surface area (Å²) in [4.78, 5) is 27.8. The number of rotatable bonds is 8. The van der Waals surface area contributed by atoms with Crippen molar-refractivity contribution in [2.75, 3.05) is 13.1 Å². The first-order chi connectivity index (χ1) is 11.0. The second kappa shape index (κ2) is 7.81. The molecule has 0 spiro atoms. The van der Waals surface area contributed by atoms with E-state index in [1.165, 1.54) is 15.8 Å². The van der Waals surface area contributed by atoms with Gasteiger partial charge < -0.3 is 15.0 Å². The van der Waals surface area contributed by atoms with Crippen LogP contribution in [-0.4, -0.2) is 40.0 Å². The topological polar surface area (TPSA) is 73.4 Å². The molecule has 0 radical (unpaired) electrons. The number of aliphatic carboxylic acids is 1. The van der Waals surface area contributed by atoms with Crippen molar-refractivity contribution in [1.29, 1.82) is 0 Å². The van der Waals surface area contributed by atoms with Gasteiger partial charge in [0.2, 0.25) is 5.91 Å². The van der Waals surface area contributed by atoms with E-state index in [9.17, 15) is 9.59 Å². The largest absolute Gasteiger partial charge is 0.480 e. The molecule has 124 valence electrons. The second-order valence-electron chi connectivity index (χ2n) is 6.27. The van der Waals surface area contributed by atoms with E-state index in [0.717, 1.165) is 18.4 Å². The number of hydrogen-bond donors (Lipinski definition) is 2. The minimum absolute atomic E-state index is 0.0825. The molecular weight excluding hydrogens is 292 g/mol. The highest BCUT2D eigenvalue weighted by molar-refractivity contribution is 5.83. The van der Waals surface area contributed by atoms with Gasteiger partial charge in [0.1, 0.15) is 6.54 Å². The zero-order valence-corrected chi connectivity index (χ0v) is 13.7. The average Bonchev–Trinajstić information content (AvgIpc) is 2.89. The van der Waals surface area contributed by atoms with Crippen LogP contribution in [0.2, 0.25) is 0 Å². The number of para-hydroxylation sites is 1. The minimum Gasteiger partial charge on any atom is -0.480 e. The van der Waals surface area contributed by atoms with Crippen molar-refractivity contribution in [2.24, 2.45) is 5.92 Å². The molecule has 0 atom stereocenters. The van der Waals surface area contributed by atoms with E-state index in [1.54, 1.807) is 0 Å². The van der Waals surface area contributed by atoms with Gasteiger partial charge in [-0.15, -0.1) is 0 Å². The van der Waals surface area contributed by atoms with Crippen LogP contribution in [0.4, 0.5) is 0 Å². The van der Waals surface area contributed by atoms with Crippen molar-refractivity contribution in [3.05, 3.63) is 36.0 Å². The van der Waals surface area contributed by atoms with Crippen molar-refractivity contribution in [2.45, 2.75) is 33.1 Å². The molecule has 2 aromatic rings. The Morgan fingerprint density at radius 1 is 1.26 bits per heavy atom. The number of carbonyl (C=O) groups excluding carboxylic acids is 1. The SMILES string of the molecule is CC(C)CN(CC(=O)O)C(=O)CCCc1c[nH]c2ccccc12. The third-order valence-electron chi connectivity index (χ3n) is 3.78. The first-order valence-electron chi connectivity index (χ1n) is 8.02. The van der Waals surface area contributed by atoms with E-state index < -0.39 is 5.97 Å². The van der Waals surface area contributed by atoms with E-state index in [2.05, 4.69) is 11.1 Å². The molecule has 0 saturated heterocycles. The zero-order valence-electron chi connectivity index (χ0n) is 13.7. The number of carboxylic acids is 1. The van der Waals surface area contributed by atoms with Gasteiger partial charge in [-0.25, -0.2) is 0 Å². The summed E-state index contributed by atoms with van der Waals surface area (Å²) < 4.78 is 0. The van der Waals surface area contributed by atoms with Gasteiger partial charge in [0, 0.05) is 30.1 Å². The first kappa shape index (κ1) is 17.1. The number of benzene rings is 1. The maximum Gasteiger partial charge on any atom is 0.323 e. The van der Waals surface area contributed by atoms with Gasteiger partial charge in [0.15, 0.2) is 0 Å². The van der Waals surface area contributed by atoms with E-state index in [0.29, 0.717) is 13.0 Å². The van der Waals surface area contributed by atoms with Crippen LogP contribution in [0.5, 0.6) is 0 Å². The van der Waals surface area contributed by atoms with E-state index in [1.807, 2.05) is 38.2 Å². The molecule has 0 fully saturated rings. The van der Waals surface area contributed by atoms with Gasteiger partial charge in [-0.1, -0.05) is 32.0 Å². The standard InChI is InChI=1S/C18H24N2O3/c1-13(2)11-20(12-18(22)23)17(21)9-5-6-14-10-19-16-8-4-3-7-15(14)16/h3-4,7-8,10,13,19H,5-6,9,11-12H2,1-2H3,(H,22,23). The van der Waals surface area contributed by atoms with Gasteiger partial charge in [0.25, 0.3) is 0 Å². The summed E-state index contributed by atoms with van der Waals surface area (Å²) in [5, 5.41) is 10.1. The lowest BCUT2D eigenvalue weighted by Gasteiger charge is -2.22. The quantitative estimate of drug-likeness (QED) is 0.786. The molecule has 5 nitrogen and oxygen atoms in total. The third-order valence-corrected chi connectivity index (χ3v) is 3.78. The number of fused-ring (bicyclic) bond motifs is 1. The fourth-order valence-electron chi connectivity index (χ4n) is 2.79. The lowest BCUT2D eigenvalue weighted by atomic mass is 10.1. The molecule has 1 aromatic heterocycles. The fraction of sp³-hybridized carbons (Fsp3) is 0.444. The van der Waals surface area contributed by atoms with Crippen LogP contribution < -0.4 is 0 Å². The van der Waals surface area contributed by atoms with Crippen molar-refractivity contribution in [3.8, 4) is 0 Å².